The van der Waals surface area contributed by atoms with E-state index >= 15 is 0 Å². The van der Waals surface area contributed by atoms with E-state index in [9.17, 15) is 0 Å². The number of nitrogens with zero attached hydrogens (tertiary/aromatic N) is 2. The number of benzene rings is 1. The summed E-state index contributed by atoms with van der Waals surface area (Å²) in [6.45, 7) is 1.36. The molecule has 4 heteroatoms. The van der Waals surface area contributed by atoms with Crippen LogP contribution in [0, 0.1) is 0 Å². The zero-order valence-electron chi connectivity index (χ0n) is 11.0. The van der Waals surface area contributed by atoms with Crippen molar-refractivity contribution in [3.8, 4) is 0 Å². The van der Waals surface area contributed by atoms with Crippen molar-refractivity contribution in [2.75, 3.05) is 13.6 Å². The normalized spacial score (nSPS) is 12.6. The van der Waals surface area contributed by atoms with Crippen LogP contribution in [-0.4, -0.2) is 23.5 Å². The molecule has 0 aliphatic heterocycles. The number of hydrogen-bond acceptors (Lipinski definition) is 3. The summed E-state index contributed by atoms with van der Waals surface area (Å²) in [6, 6.07) is 12.0. The zero-order chi connectivity index (χ0) is 13.7. The van der Waals surface area contributed by atoms with Crippen LogP contribution in [0.5, 0.6) is 0 Å². The van der Waals surface area contributed by atoms with E-state index in [1.807, 2.05) is 30.5 Å². The number of nitrogens with two attached hydrogens (primary N) is 1. The largest absolute Gasteiger partial charge is 0.329 e. The maximum absolute atomic E-state index is 6.01. The van der Waals surface area contributed by atoms with Gasteiger partial charge in [0.2, 0.25) is 0 Å². The highest BCUT2D eigenvalue weighted by molar-refractivity contribution is 6.30. The minimum atomic E-state index is 0.160. The highest BCUT2D eigenvalue weighted by atomic mass is 35.5. The molecular formula is C15H18ClN3. The third kappa shape index (κ3) is 3.77. The average molecular weight is 276 g/mol. The molecule has 0 amide bonds. The molecule has 2 aromatic rings. The van der Waals surface area contributed by atoms with Crippen molar-refractivity contribution in [3.05, 3.63) is 64.9 Å². The number of halogens is 1. The van der Waals surface area contributed by atoms with Gasteiger partial charge in [-0.25, -0.2) is 0 Å². The van der Waals surface area contributed by atoms with Crippen LogP contribution in [0.15, 0.2) is 48.8 Å². The lowest BCUT2D eigenvalue weighted by atomic mass is 10.1. The molecule has 0 aliphatic rings. The number of rotatable bonds is 5. The Morgan fingerprint density at radius 1 is 1.32 bits per heavy atom. The van der Waals surface area contributed by atoms with Gasteiger partial charge in [0.1, 0.15) is 0 Å². The van der Waals surface area contributed by atoms with Crippen LogP contribution >= 0.6 is 11.6 Å². The third-order valence-electron chi connectivity index (χ3n) is 3.15. The molecule has 3 nitrogen and oxygen atoms in total. The summed E-state index contributed by atoms with van der Waals surface area (Å²) >= 11 is 6.01. The first-order chi connectivity index (χ1) is 9.20. The molecule has 0 saturated carbocycles. The molecule has 1 aromatic carbocycles. The van der Waals surface area contributed by atoms with Crippen LogP contribution in [-0.2, 0) is 6.54 Å². The van der Waals surface area contributed by atoms with Gasteiger partial charge in [0.25, 0.3) is 0 Å². The molecule has 0 spiro atoms. The van der Waals surface area contributed by atoms with E-state index in [-0.39, 0.29) is 6.04 Å². The van der Waals surface area contributed by atoms with Crippen molar-refractivity contribution >= 4 is 11.6 Å². The zero-order valence-corrected chi connectivity index (χ0v) is 11.7. The summed E-state index contributed by atoms with van der Waals surface area (Å²) in [5, 5.41) is 0.761. The van der Waals surface area contributed by atoms with Gasteiger partial charge in [0.15, 0.2) is 0 Å². The lowest BCUT2D eigenvalue weighted by Crippen LogP contribution is -2.30. The topological polar surface area (TPSA) is 42.1 Å². The SMILES string of the molecule is CN(Cc1cccc(Cl)c1)C(CN)c1cccnc1. The van der Waals surface area contributed by atoms with E-state index in [0.717, 1.165) is 17.1 Å². The predicted octanol–water partition coefficient (Wildman–Crippen LogP) is 2.87. The molecular weight excluding hydrogens is 258 g/mol. The Morgan fingerprint density at radius 2 is 2.16 bits per heavy atom. The van der Waals surface area contributed by atoms with Crippen molar-refractivity contribution in [1.29, 1.82) is 0 Å². The van der Waals surface area contributed by atoms with Gasteiger partial charge < -0.3 is 5.73 Å². The summed E-state index contributed by atoms with van der Waals surface area (Å²) < 4.78 is 0. The van der Waals surface area contributed by atoms with Crippen LogP contribution in [0.2, 0.25) is 5.02 Å². The lowest BCUT2D eigenvalue weighted by Gasteiger charge is -2.27. The van der Waals surface area contributed by atoms with E-state index in [0.29, 0.717) is 6.54 Å². The van der Waals surface area contributed by atoms with Gasteiger partial charge in [-0.3, -0.25) is 9.88 Å². The third-order valence-corrected chi connectivity index (χ3v) is 3.38. The summed E-state index contributed by atoms with van der Waals surface area (Å²) in [5.74, 6) is 0. The van der Waals surface area contributed by atoms with Gasteiger partial charge in [-0.05, 0) is 36.4 Å². The molecule has 1 aromatic heterocycles. The minimum absolute atomic E-state index is 0.160. The second kappa shape index (κ2) is 6.66. The second-order valence-electron chi connectivity index (χ2n) is 4.58. The fraction of sp³-hybridized carbons (Fsp3) is 0.267. The van der Waals surface area contributed by atoms with Crippen molar-refractivity contribution in [2.24, 2.45) is 5.73 Å². The Hall–Kier alpha value is -1.42. The number of pyridine rings is 1. The Kier molecular flexibility index (Phi) is 4.91. The van der Waals surface area contributed by atoms with Crippen LogP contribution in [0.3, 0.4) is 0 Å². The Labute approximate surface area is 119 Å². The fourth-order valence-electron chi connectivity index (χ4n) is 2.18. The van der Waals surface area contributed by atoms with Gasteiger partial charge in [0, 0.05) is 36.5 Å². The molecule has 1 heterocycles. The van der Waals surface area contributed by atoms with Gasteiger partial charge in [-0.1, -0.05) is 29.8 Å². The lowest BCUT2D eigenvalue weighted by molar-refractivity contribution is 0.241. The molecule has 1 atom stereocenters. The Morgan fingerprint density at radius 3 is 2.79 bits per heavy atom. The fourth-order valence-corrected chi connectivity index (χ4v) is 2.39. The minimum Gasteiger partial charge on any atom is -0.329 e. The molecule has 0 aliphatic carbocycles. The molecule has 0 fully saturated rings. The smallest absolute Gasteiger partial charge is 0.0486 e. The van der Waals surface area contributed by atoms with Gasteiger partial charge >= 0.3 is 0 Å². The second-order valence-corrected chi connectivity index (χ2v) is 5.02. The van der Waals surface area contributed by atoms with Crippen molar-refractivity contribution in [1.82, 2.24) is 9.88 Å². The van der Waals surface area contributed by atoms with Crippen molar-refractivity contribution in [3.63, 3.8) is 0 Å². The molecule has 1 unspecified atom stereocenters. The quantitative estimate of drug-likeness (QED) is 0.912. The van der Waals surface area contributed by atoms with Crippen molar-refractivity contribution in [2.45, 2.75) is 12.6 Å². The summed E-state index contributed by atoms with van der Waals surface area (Å²) in [5.41, 5.74) is 8.21. The number of hydrogen-bond donors (Lipinski definition) is 1. The Balaban J connectivity index is 2.11. The van der Waals surface area contributed by atoms with E-state index in [2.05, 4.69) is 29.1 Å². The maximum atomic E-state index is 6.01. The predicted molar refractivity (Wildman–Crippen MR) is 79.0 cm³/mol. The summed E-state index contributed by atoms with van der Waals surface area (Å²) in [4.78, 5) is 6.36. The maximum Gasteiger partial charge on any atom is 0.0486 e. The molecule has 100 valence electrons. The van der Waals surface area contributed by atoms with Crippen LogP contribution in [0.1, 0.15) is 17.2 Å². The monoisotopic (exact) mass is 275 g/mol. The van der Waals surface area contributed by atoms with E-state index < -0.39 is 0 Å². The first kappa shape index (κ1) is 14.0. The van der Waals surface area contributed by atoms with Crippen LogP contribution in [0.25, 0.3) is 0 Å². The number of aromatic nitrogens is 1. The average Bonchev–Trinajstić information content (AvgIpc) is 2.41. The molecule has 0 radical (unpaired) electrons. The first-order valence-corrected chi connectivity index (χ1v) is 6.63. The van der Waals surface area contributed by atoms with Crippen molar-refractivity contribution < 1.29 is 0 Å². The molecule has 19 heavy (non-hydrogen) atoms. The van der Waals surface area contributed by atoms with Gasteiger partial charge in [-0.15, -0.1) is 0 Å². The molecule has 0 saturated heterocycles. The molecule has 2 N–H and O–H groups in total. The first-order valence-electron chi connectivity index (χ1n) is 6.25. The number of likely N-dealkylation sites (N-methyl/N-ethyl adjacent to an activating group) is 1. The highest BCUT2D eigenvalue weighted by Gasteiger charge is 2.15. The van der Waals surface area contributed by atoms with Crippen LogP contribution < -0.4 is 5.73 Å². The van der Waals surface area contributed by atoms with Crippen LogP contribution in [0.4, 0.5) is 0 Å². The van der Waals surface area contributed by atoms with Gasteiger partial charge in [0.05, 0.1) is 0 Å². The molecule has 0 bridgehead atoms. The standard InChI is InChI=1S/C15H18ClN3/c1-19(11-12-4-2-6-14(16)8-12)15(9-17)13-5-3-7-18-10-13/h2-8,10,15H,9,11,17H2,1H3. The summed E-state index contributed by atoms with van der Waals surface area (Å²) in [7, 11) is 2.06. The highest BCUT2D eigenvalue weighted by Crippen LogP contribution is 2.20. The Bertz CT molecular complexity index is 516. The van der Waals surface area contributed by atoms with E-state index in [1.54, 1.807) is 6.20 Å². The van der Waals surface area contributed by atoms with E-state index in [1.165, 1.54) is 5.56 Å². The van der Waals surface area contributed by atoms with E-state index in [4.69, 9.17) is 17.3 Å². The molecule has 2 rings (SSSR count). The summed E-state index contributed by atoms with van der Waals surface area (Å²) in [6.07, 6.45) is 3.64. The van der Waals surface area contributed by atoms with Gasteiger partial charge in [-0.2, -0.15) is 0 Å².